The Balaban J connectivity index is 1.57. The van der Waals surface area contributed by atoms with Crippen LogP contribution in [0.3, 0.4) is 0 Å². The van der Waals surface area contributed by atoms with Gasteiger partial charge in [-0.15, -0.1) is 5.10 Å². The third-order valence-electron chi connectivity index (χ3n) is 5.86. The maximum atomic E-state index is 13.2. The third-order valence-corrected chi connectivity index (χ3v) is 7.65. The number of fused-ring (bicyclic) bond motifs is 1. The largest absolute Gasteiger partial charge is 0.489 e. The van der Waals surface area contributed by atoms with Gasteiger partial charge in [0.1, 0.15) is 18.4 Å². The zero-order chi connectivity index (χ0) is 23.7. The van der Waals surface area contributed by atoms with E-state index in [2.05, 4.69) is 28.2 Å². The first-order valence-electron chi connectivity index (χ1n) is 11.3. The van der Waals surface area contributed by atoms with Crippen LogP contribution in [-0.2, 0) is 11.4 Å². The van der Waals surface area contributed by atoms with Gasteiger partial charge in [-0.25, -0.2) is 4.68 Å². The number of nitrogens with zero attached hydrogens (tertiary/aromatic N) is 3. The first-order chi connectivity index (χ1) is 16.5. The Morgan fingerprint density at radius 1 is 1.24 bits per heavy atom. The van der Waals surface area contributed by atoms with E-state index in [-0.39, 0.29) is 5.78 Å². The molecule has 0 fully saturated rings. The minimum absolute atomic E-state index is 0.145. The molecule has 6 nitrogen and oxygen atoms in total. The molecule has 34 heavy (non-hydrogen) atoms. The van der Waals surface area contributed by atoms with Crippen molar-refractivity contribution in [3.05, 3.63) is 74.4 Å². The van der Waals surface area contributed by atoms with Crippen LogP contribution in [-0.4, -0.2) is 26.3 Å². The number of aromatic nitrogens is 3. The number of ketones is 1. The number of Topliss-reactive ketones (excluding diaryl/α,β-unsaturated/α-hetero) is 1. The average Bonchev–Trinajstić information content (AvgIpc) is 3.24. The fourth-order valence-electron chi connectivity index (χ4n) is 4.28. The highest BCUT2D eigenvalue weighted by Gasteiger charge is 2.38. The molecule has 2 aromatic carbocycles. The van der Waals surface area contributed by atoms with Crippen LogP contribution in [0.5, 0.6) is 5.75 Å². The van der Waals surface area contributed by atoms with E-state index in [4.69, 9.17) is 26.4 Å². The molecule has 0 bridgehead atoms. The standard InChI is InChI=1S/C25H24BrClN4O2S/c1-2-12-34-25-29-24-28-19-4-3-5-20(32)22(19)23(31(24)30-25)18-13-16(26)8-11-21(18)33-14-15-6-9-17(27)10-7-15/h6-11,13,23H,2-5,12,14H2,1H3,(H,28,29,30). The number of carbonyl (C=O) groups is 1. The molecule has 1 unspecified atom stereocenters. The Hall–Kier alpha value is -2.29. The second-order valence-electron chi connectivity index (χ2n) is 8.30. The van der Waals surface area contributed by atoms with Crippen LogP contribution < -0.4 is 10.1 Å². The van der Waals surface area contributed by atoms with E-state index in [0.717, 1.165) is 51.9 Å². The molecule has 0 spiro atoms. The minimum atomic E-state index is -0.403. The first-order valence-corrected chi connectivity index (χ1v) is 13.5. The van der Waals surface area contributed by atoms with Crippen LogP contribution in [0.25, 0.3) is 0 Å². The lowest BCUT2D eigenvalue weighted by atomic mass is 9.85. The van der Waals surface area contributed by atoms with E-state index in [9.17, 15) is 4.79 Å². The van der Waals surface area contributed by atoms with Gasteiger partial charge in [-0.3, -0.25) is 4.79 Å². The normalized spacial score (nSPS) is 17.3. The van der Waals surface area contributed by atoms with Crippen molar-refractivity contribution in [3.63, 3.8) is 0 Å². The molecule has 0 saturated carbocycles. The smallest absolute Gasteiger partial charge is 0.227 e. The van der Waals surface area contributed by atoms with Crippen LogP contribution in [0, 0.1) is 0 Å². The van der Waals surface area contributed by atoms with Crippen molar-refractivity contribution < 1.29 is 9.53 Å². The molecule has 0 amide bonds. The van der Waals surface area contributed by atoms with Crippen LogP contribution >= 0.6 is 39.3 Å². The number of allylic oxidation sites excluding steroid dienone is 2. The fraction of sp³-hybridized carbons (Fsp3) is 0.320. The SMILES string of the molecule is CCCSc1nc2n(n1)C(c1cc(Br)ccc1OCc1ccc(Cl)cc1)C1=C(CCCC1=O)N2. The van der Waals surface area contributed by atoms with E-state index in [0.29, 0.717) is 34.9 Å². The fourth-order valence-corrected chi connectivity index (χ4v) is 5.47. The highest BCUT2D eigenvalue weighted by atomic mass is 79.9. The highest BCUT2D eigenvalue weighted by molar-refractivity contribution is 9.10. The molecule has 9 heteroatoms. The Bertz CT molecular complexity index is 1260. The number of rotatable bonds is 7. The number of nitrogens with one attached hydrogen (secondary N) is 1. The van der Waals surface area contributed by atoms with Gasteiger partial charge in [0.25, 0.3) is 0 Å². The van der Waals surface area contributed by atoms with Gasteiger partial charge >= 0.3 is 0 Å². The van der Waals surface area contributed by atoms with Gasteiger partial charge in [-0.1, -0.05) is 58.3 Å². The van der Waals surface area contributed by atoms with Crippen LogP contribution in [0.15, 0.2) is 63.4 Å². The van der Waals surface area contributed by atoms with Gasteiger partial charge in [0.05, 0.1) is 0 Å². The summed E-state index contributed by atoms with van der Waals surface area (Å²) in [4.78, 5) is 17.9. The lowest BCUT2D eigenvalue weighted by Crippen LogP contribution is -2.31. The molecule has 0 radical (unpaired) electrons. The van der Waals surface area contributed by atoms with Gasteiger partial charge in [0.15, 0.2) is 5.78 Å². The molecule has 1 atom stereocenters. The van der Waals surface area contributed by atoms with Gasteiger partial charge in [0, 0.05) is 38.5 Å². The maximum absolute atomic E-state index is 13.2. The summed E-state index contributed by atoms with van der Waals surface area (Å²) in [6.45, 7) is 2.52. The summed E-state index contributed by atoms with van der Waals surface area (Å²) < 4.78 is 9.04. The van der Waals surface area contributed by atoms with E-state index in [1.807, 2.05) is 47.1 Å². The number of thioether (sulfide) groups is 1. The van der Waals surface area contributed by atoms with Crippen molar-refractivity contribution in [1.82, 2.24) is 14.8 Å². The zero-order valence-electron chi connectivity index (χ0n) is 18.7. The number of benzene rings is 2. The highest BCUT2D eigenvalue weighted by Crippen LogP contribution is 2.44. The van der Waals surface area contributed by atoms with Crippen LogP contribution in [0.1, 0.15) is 49.8 Å². The second kappa shape index (κ2) is 10.1. The lowest BCUT2D eigenvalue weighted by Gasteiger charge is -2.33. The summed E-state index contributed by atoms with van der Waals surface area (Å²) in [5, 5.41) is 9.59. The molecule has 2 heterocycles. The Kier molecular flexibility index (Phi) is 6.99. The van der Waals surface area contributed by atoms with Gasteiger partial charge in [-0.2, -0.15) is 4.98 Å². The topological polar surface area (TPSA) is 69.0 Å². The van der Waals surface area contributed by atoms with Gasteiger partial charge in [-0.05, 0) is 55.2 Å². The van der Waals surface area contributed by atoms with Crippen LogP contribution in [0.2, 0.25) is 5.02 Å². The first kappa shape index (κ1) is 23.5. The molecular formula is C25H24BrClN4O2S. The van der Waals surface area contributed by atoms with Gasteiger partial charge in [0.2, 0.25) is 11.1 Å². The quantitative estimate of drug-likeness (QED) is 0.321. The summed E-state index contributed by atoms with van der Waals surface area (Å²) in [6, 6.07) is 13.1. The summed E-state index contributed by atoms with van der Waals surface area (Å²) in [6.07, 6.45) is 3.22. The summed E-state index contributed by atoms with van der Waals surface area (Å²) in [7, 11) is 0. The molecule has 5 rings (SSSR count). The minimum Gasteiger partial charge on any atom is -0.489 e. The predicted molar refractivity (Wildman–Crippen MR) is 139 cm³/mol. The lowest BCUT2D eigenvalue weighted by molar-refractivity contribution is -0.116. The van der Waals surface area contributed by atoms with Crippen molar-refractivity contribution in [2.75, 3.05) is 11.1 Å². The van der Waals surface area contributed by atoms with E-state index < -0.39 is 6.04 Å². The molecule has 1 aliphatic carbocycles. The number of halogens is 2. The molecule has 1 aromatic heterocycles. The zero-order valence-corrected chi connectivity index (χ0v) is 21.8. The monoisotopic (exact) mass is 558 g/mol. The van der Waals surface area contributed by atoms with Crippen molar-refractivity contribution in [1.29, 1.82) is 0 Å². The van der Waals surface area contributed by atoms with Crippen molar-refractivity contribution >= 4 is 51.0 Å². The third kappa shape index (κ3) is 4.76. The molecule has 1 N–H and O–H groups in total. The summed E-state index contributed by atoms with van der Waals surface area (Å²) in [5.74, 6) is 2.46. The molecular weight excluding hydrogens is 536 g/mol. The Morgan fingerprint density at radius 3 is 2.85 bits per heavy atom. The molecule has 3 aromatic rings. The van der Waals surface area contributed by atoms with E-state index >= 15 is 0 Å². The maximum Gasteiger partial charge on any atom is 0.227 e. The molecule has 176 valence electrons. The Morgan fingerprint density at radius 2 is 2.06 bits per heavy atom. The molecule has 2 aliphatic rings. The predicted octanol–water partition coefficient (Wildman–Crippen LogP) is 6.80. The van der Waals surface area contributed by atoms with E-state index in [1.54, 1.807) is 11.8 Å². The summed E-state index contributed by atoms with van der Waals surface area (Å²) in [5.41, 5.74) is 3.59. The Labute approximate surface area is 216 Å². The molecule has 1 aliphatic heterocycles. The second-order valence-corrected chi connectivity index (χ2v) is 10.7. The van der Waals surface area contributed by atoms with Crippen molar-refractivity contribution in [2.45, 2.75) is 50.4 Å². The average molecular weight is 560 g/mol. The number of anilines is 1. The number of hydrogen-bond acceptors (Lipinski definition) is 6. The number of ether oxygens (including phenoxy) is 1. The van der Waals surface area contributed by atoms with Crippen LogP contribution in [0.4, 0.5) is 5.95 Å². The van der Waals surface area contributed by atoms with Crippen molar-refractivity contribution in [3.8, 4) is 5.75 Å². The number of carbonyl (C=O) groups excluding carboxylic acids is 1. The van der Waals surface area contributed by atoms with E-state index in [1.165, 1.54) is 0 Å². The number of hydrogen-bond donors (Lipinski definition) is 1. The summed E-state index contributed by atoms with van der Waals surface area (Å²) >= 11 is 11.3. The van der Waals surface area contributed by atoms with Gasteiger partial charge < -0.3 is 10.1 Å². The molecule has 0 saturated heterocycles. The van der Waals surface area contributed by atoms with Crippen molar-refractivity contribution in [2.24, 2.45) is 0 Å².